The first-order valence-corrected chi connectivity index (χ1v) is 16.5. The molecular formula is C39H28Br2N4O2. The highest BCUT2D eigenvalue weighted by Gasteiger charge is 2.22. The third-order valence-corrected chi connectivity index (χ3v) is 8.90. The van der Waals surface area contributed by atoms with Crippen molar-refractivity contribution in [3.63, 3.8) is 0 Å². The van der Waals surface area contributed by atoms with Crippen LogP contribution in [0.2, 0.25) is 0 Å². The molecule has 2 aromatic heterocycles. The molecule has 0 radical (unpaired) electrons. The van der Waals surface area contributed by atoms with Crippen molar-refractivity contribution in [3.05, 3.63) is 136 Å². The maximum atomic E-state index is 5.50. The van der Waals surface area contributed by atoms with Gasteiger partial charge in [-0.2, -0.15) is 5.10 Å². The van der Waals surface area contributed by atoms with Crippen LogP contribution < -0.4 is 14.9 Å². The zero-order valence-electron chi connectivity index (χ0n) is 25.5. The minimum Gasteiger partial charge on any atom is -0.493 e. The zero-order valence-corrected chi connectivity index (χ0v) is 28.7. The van der Waals surface area contributed by atoms with Crippen LogP contribution in [0.3, 0.4) is 0 Å². The minimum absolute atomic E-state index is 0.582. The Hall–Kier alpha value is -5.05. The molecule has 0 saturated heterocycles. The Morgan fingerprint density at radius 3 is 1.94 bits per heavy atom. The fraction of sp³-hybridized carbons (Fsp3) is 0.0513. The monoisotopic (exact) mass is 742 g/mol. The first-order valence-electron chi connectivity index (χ1n) is 14.9. The number of hydrogen-bond donors (Lipinski definition) is 1. The molecule has 0 aliphatic heterocycles. The highest BCUT2D eigenvalue weighted by atomic mass is 79.9. The molecule has 6 nitrogen and oxygen atoms in total. The highest BCUT2D eigenvalue weighted by Crippen LogP contribution is 2.44. The van der Waals surface area contributed by atoms with Crippen molar-refractivity contribution in [1.29, 1.82) is 0 Å². The van der Waals surface area contributed by atoms with Crippen LogP contribution in [0.25, 0.3) is 55.3 Å². The van der Waals surface area contributed by atoms with Gasteiger partial charge in [-0.1, -0.05) is 92.5 Å². The second-order valence-electron chi connectivity index (χ2n) is 10.8. The second kappa shape index (κ2) is 13.4. The van der Waals surface area contributed by atoms with Crippen molar-refractivity contribution in [2.45, 2.75) is 0 Å². The Morgan fingerprint density at radius 1 is 0.617 bits per heavy atom. The van der Waals surface area contributed by atoms with Crippen molar-refractivity contribution < 1.29 is 9.47 Å². The van der Waals surface area contributed by atoms with Crippen molar-refractivity contribution in [3.8, 4) is 45.0 Å². The number of benzene rings is 5. The van der Waals surface area contributed by atoms with E-state index in [9.17, 15) is 0 Å². The van der Waals surface area contributed by atoms with Gasteiger partial charge in [-0.25, -0.2) is 9.97 Å². The molecular weight excluding hydrogens is 716 g/mol. The van der Waals surface area contributed by atoms with Gasteiger partial charge in [-0.15, -0.1) is 0 Å². The number of halogens is 2. The summed E-state index contributed by atoms with van der Waals surface area (Å²) >= 11 is 7.38. The van der Waals surface area contributed by atoms with Gasteiger partial charge in [0.15, 0.2) is 17.3 Å². The molecule has 7 rings (SSSR count). The van der Waals surface area contributed by atoms with Crippen LogP contribution in [0.5, 0.6) is 11.5 Å². The van der Waals surface area contributed by atoms with E-state index in [1.807, 2.05) is 66.7 Å². The lowest BCUT2D eigenvalue weighted by atomic mass is 9.91. The normalized spacial score (nSPS) is 11.3. The zero-order chi connectivity index (χ0) is 32.3. The third kappa shape index (κ3) is 6.22. The molecule has 7 aromatic rings. The number of aromatic nitrogens is 2. The first-order chi connectivity index (χ1) is 23.0. The summed E-state index contributed by atoms with van der Waals surface area (Å²) in [5, 5.41) is 6.71. The molecule has 5 aromatic carbocycles. The van der Waals surface area contributed by atoms with Gasteiger partial charge in [0, 0.05) is 25.3 Å². The number of nitrogens with zero attached hydrogens (tertiary/aromatic N) is 3. The summed E-state index contributed by atoms with van der Waals surface area (Å²) in [5.74, 6) is 1.86. The molecule has 230 valence electrons. The van der Waals surface area contributed by atoms with Gasteiger partial charge in [0.05, 0.1) is 42.7 Å². The molecule has 0 bridgehead atoms. The number of ether oxygens (including phenoxy) is 2. The molecule has 0 amide bonds. The fourth-order valence-electron chi connectivity index (χ4n) is 5.75. The van der Waals surface area contributed by atoms with Gasteiger partial charge in [-0.05, 0) is 82.9 Å². The summed E-state index contributed by atoms with van der Waals surface area (Å²) in [5.41, 5.74) is 11.6. The number of hydrazone groups is 1. The van der Waals surface area contributed by atoms with E-state index in [4.69, 9.17) is 19.4 Å². The van der Waals surface area contributed by atoms with Gasteiger partial charge in [0.1, 0.15) is 0 Å². The van der Waals surface area contributed by atoms with Gasteiger partial charge >= 0.3 is 0 Å². The van der Waals surface area contributed by atoms with Crippen LogP contribution >= 0.6 is 31.9 Å². The predicted molar refractivity (Wildman–Crippen MR) is 200 cm³/mol. The maximum Gasteiger partial charge on any atom is 0.161 e. The topological polar surface area (TPSA) is 68.6 Å². The molecule has 0 aliphatic carbocycles. The average Bonchev–Trinajstić information content (AvgIpc) is 3.11. The summed E-state index contributed by atoms with van der Waals surface area (Å²) in [6.45, 7) is 0. The Morgan fingerprint density at radius 2 is 1.26 bits per heavy atom. The van der Waals surface area contributed by atoms with E-state index >= 15 is 0 Å². The molecule has 2 heterocycles. The van der Waals surface area contributed by atoms with E-state index in [0.717, 1.165) is 69.8 Å². The minimum atomic E-state index is 0.582. The summed E-state index contributed by atoms with van der Waals surface area (Å²) in [4.78, 5) is 10.4. The van der Waals surface area contributed by atoms with Gasteiger partial charge in [0.2, 0.25) is 0 Å². The van der Waals surface area contributed by atoms with Crippen LogP contribution in [-0.2, 0) is 0 Å². The Labute approximate surface area is 289 Å². The van der Waals surface area contributed by atoms with E-state index in [1.165, 1.54) is 0 Å². The number of nitrogens with one attached hydrogen (secondary N) is 1. The third-order valence-electron chi connectivity index (χ3n) is 7.91. The van der Waals surface area contributed by atoms with E-state index in [1.54, 1.807) is 20.4 Å². The smallest absolute Gasteiger partial charge is 0.161 e. The largest absolute Gasteiger partial charge is 0.493 e. The van der Waals surface area contributed by atoms with E-state index < -0.39 is 0 Å². The molecule has 0 fully saturated rings. The van der Waals surface area contributed by atoms with Crippen LogP contribution in [0, 0.1) is 0 Å². The number of methoxy groups -OCH3 is 2. The molecule has 0 spiro atoms. The lowest BCUT2D eigenvalue weighted by Crippen LogP contribution is -2.02. The highest BCUT2D eigenvalue weighted by molar-refractivity contribution is 9.10. The SMILES string of the molecule is COc1ccc(/C=N\Nc2nc3ccc(Br)cc3c(-c3ccccc3)c2-c2cc(-c3ccccc3)c3cc(Br)ccc3n2)cc1OC. The Bertz CT molecular complexity index is 2280. The van der Waals surface area contributed by atoms with E-state index in [0.29, 0.717) is 17.3 Å². The number of rotatable bonds is 8. The standard InChI is InChI=1S/C39H28Br2N4O2/c1-46-35-18-13-24(19-36(35)47-2)23-42-45-39-38(37(26-11-7-4-8-12-26)31-21-28(41)15-17-33(31)44-39)34-22-29(25-9-5-3-6-10-25)30-20-27(40)14-16-32(30)43-34/h3-23H,1-2H3,(H,44,45)/b42-23-. The van der Waals surface area contributed by atoms with Crippen molar-refractivity contribution >= 4 is 65.7 Å². The van der Waals surface area contributed by atoms with Crippen molar-refractivity contribution in [2.75, 3.05) is 19.6 Å². The molecule has 8 heteroatoms. The number of pyridine rings is 2. The second-order valence-corrected chi connectivity index (χ2v) is 12.6. The van der Waals surface area contributed by atoms with E-state index in [2.05, 4.69) is 97.0 Å². The Kier molecular flexibility index (Phi) is 8.70. The maximum absolute atomic E-state index is 5.50. The molecule has 0 unspecified atom stereocenters. The van der Waals surface area contributed by atoms with Gasteiger partial charge < -0.3 is 9.47 Å². The molecule has 0 atom stereocenters. The van der Waals surface area contributed by atoms with Crippen LogP contribution in [-0.4, -0.2) is 30.4 Å². The lowest BCUT2D eigenvalue weighted by Gasteiger charge is -2.19. The average molecular weight is 744 g/mol. The van der Waals surface area contributed by atoms with Crippen LogP contribution in [0.4, 0.5) is 5.82 Å². The fourth-order valence-corrected chi connectivity index (χ4v) is 6.48. The summed E-state index contributed by atoms with van der Waals surface area (Å²) in [6.07, 6.45) is 1.74. The molecule has 0 aliphatic rings. The predicted octanol–water partition coefficient (Wildman–Crippen LogP) is 10.8. The Balaban J connectivity index is 1.50. The van der Waals surface area contributed by atoms with Crippen molar-refractivity contribution in [1.82, 2.24) is 9.97 Å². The number of anilines is 1. The number of hydrogen-bond acceptors (Lipinski definition) is 6. The quantitative estimate of drug-likeness (QED) is 0.124. The summed E-state index contributed by atoms with van der Waals surface area (Å²) < 4.78 is 12.9. The molecule has 1 N–H and O–H groups in total. The van der Waals surface area contributed by atoms with Crippen LogP contribution in [0.15, 0.2) is 135 Å². The molecule has 47 heavy (non-hydrogen) atoms. The van der Waals surface area contributed by atoms with Gasteiger partial charge in [-0.3, -0.25) is 5.43 Å². The van der Waals surface area contributed by atoms with Crippen LogP contribution in [0.1, 0.15) is 5.56 Å². The summed E-state index contributed by atoms with van der Waals surface area (Å²) in [6, 6.07) is 40.9. The van der Waals surface area contributed by atoms with Crippen molar-refractivity contribution in [2.24, 2.45) is 5.10 Å². The molecule has 0 saturated carbocycles. The number of fused-ring (bicyclic) bond motifs is 2. The lowest BCUT2D eigenvalue weighted by molar-refractivity contribution is 0.355. The van der Waals surface area contributed by atoms with E-state index in [-0.39, 0.29) is 0 Å². The van der Waals surface area contributed by atoms with Gasteiger partial charge in [0.25, 0.3) is 0 Å². The summed E-state index contributed by atoms with van der Waals surface area (Å²) in [7, 11) is 3.23. The first kappa shape index (κ1) is 30.6.